The fourth-order valence-electron chi connectivity index (χ4n) is 9.75. The van der Waals surface area contributed by atoms with E-state index in [-0.39, 0.29) is 5.92 Å². The van der Waals surface area contributed by atoms with Crippen LogP contribution in [0.25, 0.3) is 77.0 Å². The van der Waals surface area contributed by atoms with Crippen LogP contribution in [0, 0.1) is 0 Å². The lowest BCUT2D eigenvalue weighted by atomic mass is 9.83. The molecule has 1 aliphatic heterocycles. The molecule has 1 unspecified atom stereocenters. The zero-order chi connectivity index (χ0) is 41.1. The molecule has 1 atom stereocenters. The fraction of sp³-hybridized carbons (Fsp3) is 0.0333. The highest BCUT2D eigenvalue weighted by Crippen LogP contribution is 2.51. The van der Waals surface area contributed by atoms with Crippen molar-refractivity contribution in [2.24, 2.45) is 4.99 Å². The predicted molar refractivity (Wildman–Crippen MR) is 260 cm³/mol. The average molecular weight is 790 g/mol. The van der Waals surface area contributed by atoms with Crippen LogP contribution in [0.3, 0.4) is 0 Å². The molecule has 2 heteroatoms. The number of nitrogens with zero attached hydrogens (tertiary/aromatic N) is 1. The third-order valence-electron chi connectivity index (χ3n) is 12.7. The van der Waals surface area contributed by atoms with Crippen molar-refractivity contribution in [2.75, 3.05) is 0 Å². The number of hydrogen-bond acceptors (Lipinski definition) is 2. The highest BCUT2D eigenvalue weighted by molar-refractivity contribution is 6.19. The molecular weight excluding hydrogens is 751 g/mol. The molecule has 0 saturated carbocycles. The molecule has 0 bridgehead atoms. The van der Waals surface area contributed by atoms with E-state index in [4.69, 9.17) is 9.41 Å². The van der Waals surface area contributed by atoms with E-state index in [0.29, 0.717) is 6.42 Å². The highest BCUT2D eigenvalue weighted by Gasteiger charge is 2.34. The summed E-state index contributed by atoms with van der Waals surface area (Å²) in [6.07, 6.45) is 4.78. The molecule has 290 valence electrons. The van der Waals surface area contributed by atoms with Crippen LogP contribution in [0.15, 0.2) is 234 Å². The Hall–Kier alpha value is -8.03. The first-order chi connectivity index (χ1) is 30.6. The number of fused-ring (bicyclic) bond motifs is 8. The van der Waals surface area contributed by atoms with E-state index < -0.39 is 0 Å². The van der Waals surface area contributed by atoms with Gasteiger partial charge in [0, 0.05) is 39.8 Å². The molecular formula is C60H39NO. The number of hydrogen-bond donors (Lipinski definition) is 0. The van der Waals surface area contributed by atoms with Gasteiger partial charge in [0.15, 0.2) is 0 Å². The van der Waals surface area contributed by atoms with E-state index in [2.05, 4.69) is 219 Å². The molecule has 1 aliphatic carbocycles. The molecule has 0 spiro atoms. The Morgan fingerprint density at radius 1 is 0.500 bits per heavy atom. The summed E-state index contributed by atoms with van der Waals surface area (Å²) in [4.78, 5) is 5.71. The van der Waals surface area contributed by atoms with Crippen molar-refractivity contribution in [2.45, 2.75) is 12.3 Å². The van der Waals surface area contributed by atoms with Gasteiger partial charge < -0.3 is 4.42 Å². The van der Waals surface area contributed by atoms with Crippen LogP contribution in [0.5, 0.6) is 0 Å². The second kappa shape index (κ2) is 14.6. The molecule has 0 radical (unpaired) electrons. The maximum absolute atomic E-state index is 7.14. The lowest BCUT2D eigenvalue weighted by Gasteiger charge is -2.20. The summed E-state index contributed by atoms with van der Waals surface area (Å²) in [5, 5.41) is 6.97. The predicted octanol–water partition coefficient (Wildman–Crippen LogP) is 15.7. The molecule has 0 N–H and O–H groups in total. The smallest absolute Gasteiger partial charge is 0.144 e. The largest absolute Gasteiger partial charge is 0.455 e. The number of rotatable bonds is 5. The first kappa shape index (κ1) is 35.9. The lowest BCUT2D eigenvalue weighted by Crippen LogP contribution is -2.10. The van der Waals surface area contributed by atoms with Gasteiger partial charge in [0.05, 0.1) is 11.4 Å². The number of allylic oxidation sites excluding steroid dienone is 3. The quantitative estimate of drug-likeness (QED) is 0.159. The summed E-state index contributed by atoms with van der Waals surface area (Å²) >= 11 is 0. The Kier molecular flexibility index (Phi) is 8.45. The molecule has 10 aromatic rings. The van der Waals surface area contributed by atoms with Crippen molar-refractivity contribution in [3.8, 4) is 22.3 Å². The second-order valence-corrected chi connectivity index (χ2v) is 16.4. The molecule has 0 saturated heterocycles. The van der Waals surface area contributed by atoms with Crippen LogP contribution >= 0.6 is 0 Å². The van der Waals surface area contributed by atoms with E-state index in [9.17, 15) is 0 Å². The lowest BCUT2D eigenvalue weighted by molar-refractivity contribution is 0.667. The van der Waals surface area contributed by atoms with Crippen molar-refractivity contribution >= 4 is 60.5 Å². The monoisotopic (exact) mass is 789 g/mol. The Bertz CT molecular complexity index is 3580. The van der Waals surface area contributed by atoms with Gasteiger partial charge in [-0.1, -0.05) is 176 Å². The first-order valence-corrected chi connectivity index (χ1v) is 21.3. The van der Waals surface area contributed by atoms with Crippen molar-refractivity contribution in [1.82, 2.24) is 0 Å². The first-order valence-electron chi connectivity index (χ1n) is 21.3. The van der Waals surface area contributed by atoms with E-state index in [0.717, 1.165) is 66.6 Å². The zero-order valence-electron chi connectivity index (χ0n) is 34.0. The standard InChI is InChI=1S/C60H39NO/c1-38-33-56(42-17-6-3-7-18-42)61-55(26-14-25-47(38)41-29-27-40(28-30-41)39-15-4-2-5-16-39)59-51(32-31-50-53-35-44-20-10-11-22-46(44)37-57(53)62-60(50)59)58-49-24-13-12-23-48(49)52-34-43-19-8-9-21-45(43)36-54(52)58/h2-24,27-37,58H,1,26H2/b56-33-,61-55+. The number of aliphatic imine (C=N–C) groups is 1. The molecule has 2 aliphatic rings. The molecule has 62 heavy (non-hydrogen) atoms. The van der Waals surface area contributed by atoms with E-state index in [1.165, 1.54) is 55.1 Å². The number of furan rings is 1. The van der Waals surface area contributed by atoms with Gasteiger partial charge in [0.1, 0.15) is 11.2 Å². The molecule has 9 aromatic carbocycles. The summed E-state index contributed by atoms with van der Waals surface area (Å²) in [5.41, 5.74) is 20.7. The summed E-state index contributed by atoms with van der Waals surface area (Å²) in [6, 6.07) is 69.6. The summed E-state index contributed by atoms with van der Waals surface area (Å²) in [5.74, 6) is -0.0508. The van der Waals surface area contributed by atoms with Gasteiger partial charge >= 0.3 is 0 Å². The van der Waals surface area contributed by atoms with Crippen molar-refractivity contribution in [1.29, 1.82) is 0 Å². The topological polar surface area (TPSA) is 25.5 Å². The minimum atomic E-state index is -0.0508. The van der Waals surface area contributed by atoms with E-state index in [1.807, 2.05) is 0 Å². The van der Waals surface area contributed by atoms with Gasteiger partial charge in [-0.3, -0.25) is 4.99 Å². The minimum absolute atomic E-state index is 0.0508. The van der Waals surface area contributed by atoms with Crippen LogP contribution in [-0.4, -0.2) is 5.71 Å². The fourth-order valence-corrected chi connectivity index (χ4v) is 9.75. The van der Waals surface area contributed by atoms with Gasteiger partial charge in [-0.05, 0) is 108 Å². The van der Waals surface area contributed by atoms with Gasteiger partial charge in [-0.25, -0.2) is 0 Å². The van der Waals surface area contributed by atoms with E-state index in [1.54, 1.807) is 0 Å². The summed E-state index contributed by atoms with van der Waals surface area (Å²) < 4.78 is 7.14. The van der Waals surface area contributed by atoms with Crippen LogP contribution in [0.1, 0.15) is 45.7 Å². The Morgan fingerprint density at radius 3 is 1.87 bits per heavy atom. The molecule has 2 nitrogen and oxygen atoms in total. The number of benzene rings is 9. The van der Waals surface area contributed by atoms with Crippen LogP contribution in [0.4, 0.5) is 0 Å². The minimum Gasteiger partial charge on any atom is -0.455 e. The van der Waals surface area contributed by atoms with Crippen molar-refractivity contribution in [3.05, 3.63) is 258 Å². The van der Waals surface area contributed by atoms with Gasteiger partial charge in [-0.2, -0.15) is 0 Å². The third kappa shape index (κ3) is 6.00. The Morgan fingerprint density at radius 2 is 1.11 bits per heavy atom. The molecule has 1 aromatic heterocycles. The van der Waals surface area contributed by atoms with Crippen LogP contribution < -0.4 is 0 Å². The van der Waals surface area contributed by atoms with Crippen molar-refractivity contribution in [3.63, 3.8) is 0 Å². The van der Waals surface area contributed by atoms with Gasteiger partial charge in [-0.15, -0.1) is 5.73 Å². The van der Waals surface area contributed by atoms with Crippen LogP contribution in [0.2, 0.25) is 0 Å². The van der Waals surface area contributed by atoms with Crippen LogP contribution in [-0.2, 0) is 0 Å². The second-order valence-electron chi connectivity index (χ2n) is 16.4. The molecule has 0 fully saturated rings. The van der Waals surface area contributed by atoms with Gasteiger partial charge in [0.2, 0.25) is 0 Å². The van der Waals surface area contributed by atoms with Gasteiger partial charge in [0.25, 0.3) is 0 Å². The third-order valence-corrected chi connectivity index (χ3v) is 12.7. The van der Waals surface area contributed by atoms with Crippen molar-refractivity contribution < 1.29 is 4.42 Å². The van der Waals surface area contributed by atoms with E-state index >= 15 is 0 Å². The molecule has 12 rings (SSSR count). The maximum Gasteiger partial charge on any atom is 0.144 e. The SMILES string of the molecule is C=C1/C=C(c2ccccc2)\N=C(\c2c(C3c4ccccc4-c4cc5ccccc5cc43)ccc3c2oc2cc4ccccc4cc23)CC=C=C1c1ccc(-c2ccccc2)cc1. The Labute approximate surface area is 360 Å². The summed E-state index contributed by atoms with van der Waals surface area (Å²) in [7, 11) is 0. The highest BCUT2D eigenvalue weighted by atomic mass is 16.3. The average Bonchev–Trinajstić information content (AvgIpc) is 3.87. The zero-order valence-corrected chi connectivity index (χ0v) is 34.0. The maximum atomic E-state index is 7.14. The molecule has 0 amide bonds. The normalized spacial score (nSPS) is 16.5. The summed E-state index contributed by atoms with van der Waals surface area (Å²) in [6.45, 7) is 4.65. The molecule has 2 heterocycles. The Balaban J connectivity index is 1.12.